The number of piperidine rings is 1. The van der Waals surface area contributed by atoms with Crippen molar-refractivity contribution >= 4 is 28.0 Å². The summed E-state index contributed by atoms with van der Waals surface area (Å²) in [4.78, 5) is 13.3. The van der Waals surface area contributed by atoms with Crippen LogP contribution >= 0.6 is 11.3 Å². The monoisotopic (exact) mass is 412 g/mol. The van der Waals surface area contributed by atoms with Crippen LogP contribution in [0.15, 0.2) is 58.3 Å². The molecule has 1 aromatic carbocycles. The molecule has 0 aliphatic carbocycles. The van der Waals surface area contributed by atoms with Crippen LogP contribution < -0.4 is 5.32 Å². The van der Waals surface area contributed by atoms with Crippen molar-refractivity contribution in [2.45, 2.75) is 25.2 Å². The quantitative estimate of drug-likeness (QED) is 0.489. The molecule has 1 fully saturated rings. The van der Waals surface area contributed by atoms with Crippen LogP contribution in [0.4, 0.5) is 0 Å². The zero-order chi connectivity index (χ0) is 19.9. The van der Waals surface area contributed by atoms with Crippen LogP contribution in [-0.2, 0) is 6.42 Å². The molecule has 0 bridgehead atoms. The lowest BCUT2D eigenvalue weighted by Crippen LogP contribution is -2.27. The Balaban J connectivity index is 1.44. The van der Waals surface area contributed by atoms with Gasteiger partial charge in [-0.25, -0.2) is 0 Å². The first kappa shape index (κ1) is 18.0. The molecule has 5 heterocycles. The van der Waals surface area contributed by atoms with Crippen molar-refractivity contribution in [3.63, 3.8) is 0 Å². The van der Waals surface area contributed by atoms with E-state index in [-0.39, 0.29) is 0 Å². The summed E-state index contributed by atoms with van der Waals surface area (Å²) in [6, 6.07) is 13.5. The molecular formula is C25H24N4S. The summed E-state index contributed by atoms with van der Waals surface area (Å²) in [5, 5.41) is 8.91. The SMILES string of the molecule is c1cc2[nH]c(C3=NCCc4ccc(C5CCNCC5)cc43)cc2c(-c2ccsc2)n1. The van der Waals surface area contributed by atoms with E-state index in [2.05, 4.69) is 62.4 Å². The molecule has 0 radical (unpaired) electrons. The van der Waals surface area contributed by atoms with Gasteiger partial charge >= 0.3 is 0 Å². The Bertz CT molecular complexity index is 1230. The molecule has 5 heteroatoms. The summed E-state index contributed by atoms with van der Waals surface area (Å²) < 4.78 is 0. The van der Waals surface area contributed by atoms with Crippen molar-refractivity contribution in [3.05, 3.63) is 75.7 Å². The van der Waals surface area contributed by atoms with Crippen molar-refractivity contribution in [1.82, 2.24) is 15.3 Å². The molecule has 6 rings (SSSR count). The molecule has 2 aliphatic rings. The number of hydrogen-bond donors (Lipinski definition) is 2. The minimum atomic E-state index is 0.650. The molecule has 150 valence electrons. The predicted octanol–water partition coefficient (Wildman–Crippen LogP) is 5.15. The fourth-order valence-corrected chi connectivity index (χ4v) is 5.50. The molecule has 1 saturated heterocycles. The van der Waals surface area contributed by atoms with E-state index in [1.165, 1.54) is 35.1 Å². The normalized spacial score (nSPS) is 17.1. The van der Waals surface area contributed by atoms with Crippen molar-refractivity contribution in [2.24, 2.45) is 4.99 Å². The van der Waals surface area contributed by atoms with Crippen molar-refractivity contribution < 1.29 is 0 Å². The lowest BCUT2D eigenvalue weighted by Gasteiger charge is -2.25. The second-order valence-electron chi connectivity index (χ2n) is 8.24. The highest BCUT2D eigenvalue weighted by molar-refractivity contribution is 7.08. The van der Waals surface area contributed by atoms with Crippen LogP contribution in [0.5, 0.6) is 0 Å². The summed E-state index contributed by atoms with van der Waals surface area (Å²) in [5.74, 6) is 0.650. The molecule has 0 amide bonds. The molecule has 0 saturated carbocycles. The third-order valence-electron chi connectivity index (χ3n) is 6.45. The van der Waals surface area contributed by atoms with E-state index in [0.29, 0.717) is 5.92 Å². The molecule has 0 unspecified atom stereocenters. The van der Waals surface area contributed by atoms with Gasteiger partial charge in [-0.05, 0) is 79.0 Å². The number of thiophene rings is 1. The van der Waals surface area contributed by atoms with Crippen LogP contribution in [0, 0.1) is 0 Å². The number of H-pyrrole nitrogens is 1. The molecule has 2 N–H and O–H groups in total. The van der Waals surface area contributed by atoms with Gasteiger partial charge in [0.1, 0.15) is 0 Å². The summed E-state index contributed by atoms with van der Waals surface area (Å²) in [7, 11) is 0. The highest BCUT2D eigenvalue weighted by Crippen LogP contribution is 2.32. The van der Waals surface area contributed by atoms with E-state index in [1.807, 2.05) is 6.20 Å². The second kappa shape index (κ2) is 7.49. The molecular weight excluding hydrogens is 388 g/mol. The molecule has 4 aromatic rings. The fourth-order valence-electron chi connectivity index (χ4n) is 4.86. The van der Waals surface area contributed by atoms with Crippen LogP contribution in [-0.4, -0.2) is 35.3 Å². The number of hydrogen-bond acceptors (Lipinski definition) is 4. The van der Waals surface area contributed by atoms with E-state index in [0.717, 1.165) is 54.1 Å². The average Bonchev–Trinajstić information content (AvgIpc) is 3.49. The van der Waals surface area contributed by atoms with Crippen molar-refractivity contribution in [3.8, 4) is 11.3 Å². The van der Waals surface area contributed by atoms with Crippen LogP contribution in [0.25, 0.3) is 22.2 Å². The largest absolute Gasteiger partial charge is 0.353 e. The maximum absolute atomic E-state index is 4.97. The Morgan fingerprint density at radius 2 is 1.97 bits per heavy atom. The zero-order valence-electron chi connectivity index (χ0n) is 16.8. The molecule has 0 atom stereocenters. The summed E-state index contributed by atoms with van der Waals surface area (Å²) >= 11 is 1.71. The Hall–Kier alpha value is -2.76. The van der Waals surface area contributed by atoms with Crippen LogP contribution in [0.1, 0.15) is 41.1 Å². The number of nitrogens with zero attached hydrogens (tertiary/aromatic N) is 2. The minimum Gasteiger partial charge on any atom is -0.353 e. The van der Waals surface area contributed by atoms with Gasteiger partial charge in [0.25, 0.3) is 0 Å². The standard InChI is InChI=1S/C25H24N4S/c1-2-18(16-3-8-26-9-4-16)13-20-17(1)5-10-28-25(20)23-14-21-22(29-23)6-11-27-24(21)19-7-12-30-15-19/h1-2,6-7,11-16,26,29H,3-5,8-10H2. The number of pyridine rings is 1. The van der Waals surface area contributed by atoms with Gasteiger partial charge in [-0.3, -0.25) is 9.98 Å². The summed E-state index contributed by atoms with van der Waals surface area (Å²) in [5.41, 5.74) is 9.69. The first-order valence-corrected chi connectivity index (χ1v) is 11.7. The van der Waals surface area contributed by atoms with Gasteiger partial charge in [0.15, 0.2) is 0 Å². The van der Waals surface area contributed by atoms with E-state index in [4.69, 9.17) is 4.99 Å². The Kier molecular flexibility index (Phi) is 4.51. The van der Waals surface area contributed by atoms with Gasteiger partial charge in [0.2, 0.25) is 0 Å². The van der Waals surface area contributed by atoms with Crippen molar-refractivity contribution in [1.29, 1.82) is 0 Å². The topological polar surface area (TPSA) is 53.1 Å². The Morgan fingerprint density at radius 1 is 1.03 bits per heavy atom. The van der Waals surface area contributed by atoms with Gasteiger partial charge in [-0.15, -0.1) is 0 Å². The lowest BCUT2D eigenvalue weighted by molar-refractivity contribution is 0.460. The lowest BCUT2D eigenvalue weighted by atomic mass is 9.86. The minimum absolute atomic E-state index is 0.650. The molecule has 4 nitrogen and oxygen atoms in total. The smallest absolute Gasteiger partial charge is 0.0884 e. The van der Waals surface area contributed by atoms with Gasteiger partial charge < -0.3 is 10.3 Å². The molecule has 3 aromatic heterocycles. The van der Waals surface area contributed by atoms with Crippen LogP contribution in [0.3, 0.4) is 0 Å². The van der Waals surface area contributed by atoms with Gasteiger partial charge in [-0.2, -0.15) is 11.3 Å². The van der Waals surface area contributed by atoms with E-state index >= 15 is 0 Å². The second-order valence-corrected chi connectivity index (χ2v) is 9.02. The molecule has 30 heavy (non-hydrogen) atoms. The van der Waals surface area contributed by atoms with Gasteiger partial charge in [-0.1, -0.05) is 12.1 Å². The number of benzene rings is 1. The van der Waals surface area contributed by atoms with E-state index < -0.39 is 0 Å². The van der Waals surface area contributed by atoms with E-state index in [9.17, 15) is 0 Å². The maximum atomic E-state index is 4.97. The molecule has 2 aliphatic heterocycles. The van der Waals surface area contributed by atoms with Crippen LogP contribution in [0.2, 0.25) is 0 Å². The Morgan fingerprint density at radius 3 is 2.83 bits per heavy atom. The number of rotatable bonds is 3. The summed E-state index contributed by atoms with van der Waals surface area (Å²) in [6.07, 6.45) is 5.34. The average molecular weight is 413 g/mol. The highest BCUT2D eigenvalue weighted by Gasteiger charge is 2.22. The Labute approximate surface area is 180 Å². The third-order valence-corrected chi connectivity index (χ3v) is 7.13. The number of aliphatic imine (C=N–C) groups is 1. The summed E-state index contributed by atoms with van der Waals surface area (Å²) in [6.45, 7) is 3.08. The first-order chi connectivity index (χ1) is 14.9. The highest BCUT2D eigenvalue weighted by atomic mass is 32.1. The zero-order valence-corrected chi connectivity index (χ0v) is 17.6. The number of aromatic nitrogens is 2. The maximum Gasteiger partial charge on any atom is 0.0884 e. The number of fused-ring (bicyclic) bond motifs is 2. The first-order valence-electron chi connectivity index (χ1n) is 10.8. The molecule has 0 spiro atoms. The van der Waals surface area contributed by atoms with Gasteiger partial charge in [0.05, 0.1) is 17.1 Å². The van der Waals surface area contributed by atoms with Gasteiger partial charge in [0, 0.05) is 40.2 Å². The van der Waals surface area contributed by atoms with Crippen molar-refractivity contribution in [2.75, 3.05) is 19.6 Å². The van der Waals surface area contributed by atoms with E-state index in [1.54, 1.807) is 11.3 Å². The predicted molar refractivity (Wildman–Crippen MR) is 125 cm³/mol. The number of nitrogens with one attached hydrogen (secondary N) is 2. The fraction of sp³-hybridized carbons (Fsp3) is 0.280. The number of aromatic amines is 1. The third kappa shape index (κ3) is 3.09.